The number of hydrogen-bond acceptors (Lipinski definition) is 19. The highest BCUT2D eigenvalue weighted by atomic mass is 32.2. The van der Waals surface area contributed by atoms with Crippen molar-refractivity contribution in [1.29, 1.82) is 5.41 Å². The molecular formula is C63H91N19O15S. The number of rotatable bonds is 29. The molecule has 5 heterocycles. The molecule has 2 aromatic carbocycles. The van der Waals surface area contributed by atoms with Gasteiger partial charge in [-0.2, -0.15) is 11.8 Å². The second-order valence-electron chi connectivity index (χ2n) is 24.1. The topological polar surface area (TPSA) is 506 Å². The zero-order chi connectivity index (χ0) is 70.5. The van der Waals surface area contributed by atoms with E-state index in [0.29, 0.717) is 42.2 Å². The summed E-state index contributed by atoms with van der Waals surface area (Å²) >= 11 is 1.84. The van der Waals surface area contributed by atoms with Crippen molar-refractivity contribution >= 4 is 93.7 Å². The summed E-state index contributed by atoms with van der Waals surface area (Å²) in [5, 5.41) is 57.2. The van der Waals surface area contributed by atoms with Crippen molar-refractivity contribution in [2.75, 3.05) is 65.1 Å². The number of nitrogens with one attached hydrogen (secondary N) is 12. The Labute approximate surface area is 569 Å². The molecule has 3 aliphatic rings. The lowest BCUT2D eigenvalue weighted by Crippen LogP contribution is -2.61. The standard InChI is InChI=1S/C63H91N19O15S/c1-81-32-38(40-14-5-6-17-49(40)81)29-44-58(90)71-41(55(65)87)15-9-10-22-82-33-39(79-80-82)30-45(70-53(86)35-97-27-26-96-25-24-95-23-21-68-52(85)19-8-7-18-50-54-48(36-98-50)77-63(94)78-54)59(91)75-46(31-51(64)84)60(92)76-47(34-83)61(93)73-43(28-37-12-3-2-4-13-37)57(89)72-42(56(88)74-44)16-11-20-69-62(66)67/h2-6,12-14,17,32-33,41-48,50,54,83H,7-11,15-16,18-31,34-36H2,1H3,(H2,64,84)(H2,65,87)(H,68,85)(H,70,86)(H,71,90)(H,72,89)(H,73,93)(H,74,88)(H,75,91)(H,76,92)(H4,66,67,69)(H2,77,78,94)/t41-,42+,43+,44-,45-,46+,47+,48-,50?,54-/m0/s1. The first-order chi connectivity index (χ1) is 47.1. The van der Waals surface area contributed by atoms with E-state index in [9.17, 15) is 57.8 Å². The Morgan fingerprint density at radius 2 is 1.33 bits per heavy atom. The summed E-state index contributed by atoms with van der Waals surface area (Å²) < 4.78 is 19.9. The number of urea groups is 1. The molecule has 10 atom stereocenters. The largest absolute Gasteiger partial charge is 0.394 e. The number of primary amides is 2. The highest BCUT2D eigenvalue weighted by molar-refractivity contribution is 8.00. The lowest BCUT2D eigenvalue weighted by atomic mass is 10.0. The number of guanidine groups is 1. The maximum atomic E-state index is 14.7. The van der Waals surface area contributed by atoms with Crippen LogP contribution in [0.2, 0.25) is 0 Å². The van der Waals surface area contributed by atoms with Crippen LogP contribution in [-0.4, -0.2) is 220 Å². The van der Waals surface area contributed by atoms with Gasteiger partial charge in [0.25, 0.3) is 0 Å². The van der Waals surface area contributed by atoms with Gasteiger partial charge in [-0.1, -0.05) is 60.2 Å². The van der Waals surface area contributed by atoms with Crippen LogP contribution in [-0.2, 0) is 95.0 Å². The Morgan fingerprint density at radius 3 is 2.06 bits per heavy atom. The molecule has 35 heteroatoms. The molecule has 2 fully saturated rings. The van der Waals surface area contributed by atoms with E-state index in [1.54, 1.807) is 36.5 Å². The van der Waals surface area contributed by atoms with E-state index in [4.69, 9.17) is 36.8 Å². The summed E-state index contributed by atoms with van der Waals surface area (Å²) in [7, 11) is 1.82. The second-order valence-corrected chi connectivity index (χ2v) is 25.3. The third kappa shape index (κ3) is 24.6. The van der Waals surface area contributed by atoms with E-state index in [1.165, 1.54) is 10.9 Å². The Morgan fingerprint density at radius 1 is 0.673 bits per heavy atom. The zero-order valence-corrected chi connectivity index (χ0v) is 55.5. The Balaban J connectivity index is 1.02. The predicted octanol–water partition coefficient (Wildman–Crippen LogP) is -4.12. The lowest BCUT2D eigenvalue weighted by molar-refractivity contribution is -0.137. The summed E-state index contributed by atoms with van der Waals surface area (Å²) in [5.74, 6) is -8.19. The number of hydrogen-bond donors (Lipinski definition) is 16. The first-order valence-electron chi connectivity index (χ1n) is 32.7. The van der Waals surface area contributed by atoms with Gasteiger partial charge in [-0.15, -0.1) is 5.10 Å². The lowest BCUT2D eigenvalue weighted by Gasteiger charge is -2.27. The average molecular weight is 1390 g/mol. The number of benzene rings is 2. The van der Waals surface area contributed by atoms with Gasteiger partial charge in [-0.25, -0.2) is 4.79 Å². The summed E-state index contributed by atoms with van der Waals surface area (Å²) in [5.41, 5.74) is 19.2. The number of aromatic nitrogens is 4. The summed E-state index contributed by atoms with van der Waals surface area (Å²) in [6.45, 7) is -0.453. The van der Waals surface area contributed by atoms with Gasteiger partial charge in [0.2, 0.25) is 59.1 Å². The number of aliphatic hydroxyl groups is 1. The van der Waals surface area contributed by atoms with Crippen LogP contribution in [0.1, 0.15) is 81.0 Å². The van der Waals surface area contributed by atoms with Crippen LogP contribution in [0.5, 0.6) is 0 Å². The predicted molar refractivity (Wildman–Crippen MR) is 357 cm³/mol. The van der Waals surface area contributed by atoms with Gasteiger partial charge in [-0.3, -0.25) is 58.0 Å². The highest BCUT2D eigenvalue weighted by Crippen LogP contribution is 2.33. The van der Waals surface area contributed by atoms with E-state index in [2.05, 4.69) is 68.8 Å². The fourth-order valence-electron chi connectivity index (χ4n) is 11.4. The number of amides is 12. The second kappa shape index (κ2) is 39.1. The van der Waals surface area contributed by atoms with Gasteiger partial charge in [0, 0.05) is 86.7 Å². The molecule has 0 spiro atoms. The molecule has 34 nitrogen and oxygen atoms in total. The normalized spacial score (nSPS) is 23.1. The fraction of sp³-hybridized carbons (Fsp3) is 0.556. The number of nitrogens with two attached hydrogens (primary N) is 3. The van der Waals surface area contributed by atoms with Gasteiger partial charge in [-0.05, 0) is 62.1 Å². The SMILES string of the molecule is Cn1cc(C[C@@H]2NC(=O)[C@@H](CCCNC(=N)N)NC(=O)[C@@H](Cc3ccccc3)NC(=O)[C@@H](CO)NC(=O)[C@@H](CC(N)=O)NC(=O)[C@@H](NC(=O)COCCOCCOCCNC(=O)CCCCC3SC[C@@H]4NC(=O)N[C@H]34)Cc3cn(nn3)CCCC[C@@H](C(N)=O)NC2=O)c2ccccc21. The summed E-state index contributed by atoms with van der Waals surface area (Å²) in [6, 6.07) is 5.15. The molecule has 0 saturated carbocycles. The van der Waals surface area contributed by atoms with Gasteiger partial charge < -0.3 is 99.6 Å². The van der Waals surface area contributed by atoms with E-state index in [0.717, 1.165) is 35.9 Å². The summed E-state index contributed by atoms with van der Waals surface area (Å²) in [6.07, 6.45) is 5.38. The van der Waals surface area contributed by atoms with Gasteiger partial charge >= 0.3 is 6.03 Å². The minimum absolute atomic E-state index is 0.0381. The van der Waals surface area contributed by atoms with E-state index >= 15 is 0 Å². The molecule has 98 heavy (non-hydrogen) atoms. The van der Waals surface area contributed by atoms with Crippen molar-refractivity contribution in [3.05, 3.63) is 83.8 Å². The number of carbonyl (C=O) groups excluding carboxylic acids is 11. The smallest absolute Gasteiger partial charge is 0.315 e. The van der Waals surface area contributed by atoms with Crippen molar-refractivity contribution < 1.29 is 72.1 Å². The molecule has 2 aromatic heterocycles. The third-order valence-corrected chi connectivity index (χ3v) is 18.0. The van der Waals surface area contributed by atoms with E-state index < -0.39 is 115 Å². The van der Waals surface area contributed by atoms with Gasteiger partial charge in [0.1, 0.15) is 48.9 Å². The number of thioether (sulfide) groups is 1. The van der Waals surface area contributed by atoms with Crippen LogP contribution >= 0.6 is 11.8 Å². The fourth-order valence-corrected chi connectivity index (χ4v) is 13.0. The number of ether oxygens (including phenoxy) is 3. The minimum Gasteiger partial charge on any atom is -0.394 e. The molecule has 534 valence electrons. The molecule has 12 amide bonds. The number of aryl methyl sites for hydroxylation is 2. The van der Waals surface area contributed by atoms with Gasteiger partial charge in [0.15, 0.2) is 5.96 Å². The van der Waals surface area contributed by atoms with Crippen LogP contribution in [0, 0.1) is 5.41 Å². The first kappa shape index (κ1) is 75.9. The molecule has 0 radical (unpaired) electrons. The van der Waals surface area contributed by atoms with Crippen LogP contribution in [0.4, 0.5) is 4.79 Å². The van der Waals surface area contributed by atoms with Crippen molar-refractivity contribution in [3.8, 4) is 0 Å². The van der Waals surface area contributed by atoms with Crippen molar-refractivity contribution in [3.63, 3.8) is 0 Å². The number of carbonyl (C=O) groups is 11. The third-order valence-electron chi connectivity index (χ3n) is 16.5. The van der Waals surface area contributed by atoms with Gasteiger partial charge in [0.05, 0.1) is 63.8 Å². The van der Waals surface area contributed by atoms with Crippen molar-refractivity contribution in [1.82, 2.24) is 78.0 Å². The Hall–Kier alpha value is -9.45. The molecule has 19 N–H and O–H groups in total. The maximum absolute atomic E-state index is 14.7. The number of para-hydroxylation sites is 1. The molecule has 0 aliphatic carbocycles. The molecular weight excluding hydrogens is 1290 g/mol. The van der Waals surface area contributed by atoms with Crippen LogP contribution in [0.3, 0.4) is 0 Å². The van der Waals surface area contributed by atoms with Crippen LogP contribution in [0.25, 0.3) is 10.9 Å². The van der Waals surface area contributed by atoms with Crippen LogP contribution in [0.15, 0.2) is 67.0 Å². The number of unbranched alkanes of at least 4 members (excludes halogenated alkanes) is 1. The Bertz CT molecular complexity index is 3390. The first-order valence-corrected chi connectivity index (χ1v) is 33.7. The average Bonchev–Trinajstić information content (AvgIpc) is 1.65. The summed E-state index contributed by atoms with van der Waals surface area (Å²) in [4.78, 5) is 150. The number of aliphatic hydroxyl groups excluding tert-OH is 1. The molecule has 2 saturated heterocycles. The van der Waals surface area contributed by atoms with Crippen molar-refractivity contribution in [2.45, 2.75) is 150 Å². The Kier molecular flexibility index (Phi) is 30.3. The monoisotopic (exact) mass is 1390 g/mol. The zero-order valence-electron chi connectivity index (χ0n) is 54.7. The molecule has 1 unspecified atom stereocenters. The molecule has 3 aliphatic heterocycles. The van der Waals surface area contributed by atoms with Crippen LogP contribution < -0.4 is 75.7 Å². The molecule has 4 aromatic rings. The molecule has 2 bridgehead atoms. The number of fused-ring (bicyclic) bond motifs is 4. The van der Waals surface area contributed by atoms with E-state index in [1.807, 2.05) is 47.6 Å². The minimum atomic E-state index is -1.85. The maximum Gasteiger partial charge on any atom is 0.315 e. The molecule has 7 rings (SSSR count). The van der Waals surface area contributed by atoms with E-state index in [-0.39, 0.29) is 120 Å². The quantitative estimate of drug-likeness (QED) is 0.0106. The highest BCUT2D eigenvalue weighted by Gasteiger charge is 2.43. The number of nitrogens with zero attached hydrogens (tertiary/aromatic N) is 4. The van der Waals surface area contributed by atoms with Crippen molar-refractivity contribution in [2.24, 2.45) is 24.2 Å².